The van der Waals surface area contributed by atoms with E-state index in [0.717, 1.165) is 0 Å². The quantitative estimate of drug-likeness (QED) is 0.0594. The summed E-state index contributed by atoms with van der Waals surface area (Å²) in [4.78, 5) is 73.0. The van der Waals surface area contributed by atoms with Gasteiger partial charge in [-0.15, -0.1) is 0 Å². The van der Waals surface area contributed by atoms with E-state index < -0.39 is 239 Å². The molecule has 9 rings (SSSR count). The van der Waals surface area contributed by atoms with Crippen molar-refractivity contribution in [1.82, 2.24) is 0 Å². The zero-order chi connectivity index (χ0) is 55.6. The number of phenolic OH excluding ortho intramolecular Hbond substituents is 15. The number of esters is 5. The second kappa shape index (κ2) is 17.7. The number of hydrogen-bond acceptors (Lipinski definition) is 30. The highest BCUT2D eigenvalue weighted by atomic mass is 16.7. The first-order chi connectivity index (χ1) is 35.6. The molecule has 0 spiro atoms. The normalized spacial score (nSPS) is 25.1. The minimum Gasteiger partial charge on any atom is -0.504 e. The Morgan fingerprint density at radius 2 is 0.908 bits per heavy atom. The second-order valence-corrected chi connectivity index (χ2v) is 17.3. The minimum absolute atomic E-state index is 0.271. The fraction of sp³-hybridized carbons (Fsp3) is 0.239. The number of benzene rings is 5. The first kappa shape index (κ1) is 51.2. The fourth-order valence-corrected chi connectivity index (χ4v) is 9.32. The molecular weight excluding hydrogens is 1030 g/mol. The van der Waals surface area contributed by atoms with Gasteiger partial charge >= 0.3 is 29.8 Å². The highest BCUT2D eigenvalue weighted by molar-refractivity contribution is 6.11. The van der Waals surface area contributed by atoms with Gasteiger partial charge in [0.25, 0.3) is 0 Å². The van der Waals surface area contributed by atoms with Crippen molar-refractivity contribution in [1.29, 1.82) is 0 Å². The number of rotatable bonds is 4. The van der Waals surface area contributed by atoms with Gasteiger partial charge in [-0.05, 0) is 30.3 Å². The number of phenols is 15. The first-order valence-electron chi connectivity index (χ1n) is 21.4. The molecule has 0 saturated carbocycles. The van der Waals surface area contributed by atoms with Crippen LogP contribution in [0, 0.1) is 0 Å². The molecule has 4 aliphatic rings. The van der Waals surface area contributed by atoms with Crippen LogP contribution in [0.4, 0.5) is 0 Å². The molecule has 5 aromatic rings. The summed E-state index contributed by atoms with van der Waals surface area (Å²) in [6.45, 7) is -2.84. The predicted molar refractivity (Wildman–Crippen MR) is 234 cm³/mol. The second-order valence-electron chi connectivity index (χ2n) is 17.3. The number of aliphatic hydroxyl groups excluding tert-OH is 3. The Labute approximate surface area is 418 Å². The monoisotopic (exact) mass is 1070 g/mol. The van der Waals surface area contributed by atoms with Gasteiger partial charge in [-0.25, -0.2) is 24.0 Å². The molecule has 400 valence electrons. The third kappa shape index (κ3) is 7.49. The van der Waals surface area contributed by atoms with Gasteiger partial charge in [-0.1, -0.05) is 0 Å². The molecule has 0 aromatic heterocycles. The first-order valence-corrected chi connectivity index (χ1v) is 21.4. The Kier molecular flexibility index (Phi) is 11.9. The minimum atomic E-state index is -3.72. The Morgan fingerprint density at radius 1 is 0.474 bits per heavy atom. The number of carbonyl (C=O) groups is 5. The molecule has 30 heteroatoms. The maximum Gasteiger partial charge on any atom is 0.339 e. The number of carbonyl (C=O) groups excluding carboxylic acids is 5. The van der Waals surface area contributed by atoms with Gasteiger partial charge in [0.1, 0.15) is 24.9 Å². The van der Waals surface area contributed by atoms with Crippen molar-refractivity contribution in [2.45, 2.75) is 54.4 Å². The van der Waals surface area contributed by atoms with E-state index >= 15 is 4.79 Å². The zero-order valence-corrected chi connectivity index (χ0v) is 37.4. The Morgan fingerprint density at radius 3 is 1.42 bits per heavy atom. The van der Waals surface area contributed by atoms with Crippen LogP contribution in [0.25, 0.3) is 22.3 Å². The summed E-state index contributed by atoms with van der Waals surface area (Å²) >= 11 is 0. The molecule has 0 aliphatic carbocycles. The average molecular weight is 1070 g/mol. The van der Waals surface area contributed by atoms with Crippen LogP contribution in [0.1, 0.15) is 63.3 Å². The van der Waals surface area contributed by atoms with Crippen molar-refractivity contribution in [2.75, 3.05) is 13.2 Å². The molecule has 0 amide bonds. The molecule has 1 fully saturated rings. The topological polar surface area (TPSA) is 525 Å². The summed E-state index contributed by atoms with van der Waals surface area (Å²) in [6.07, 6.45) is -19.3. The van der Waals surface area contributed by atoms with Crippen LogP contribution >= 0.6 is 0 Å². The van der Waals surface area contributed by atoms with E-state index in [1.54, 1.807) is 0 Å². The fourth-order valence-electron chi connectivity index (χ4n) is 9.32. The molecule has 30 nitrogen and oxygen atoms in total. The van der Waals surface area contributed by atoms with Crippen molar-refractivity contribution in [3.8, 4) is 108 Å². The van der Waals surface area contributed by atoms with E-state index in [0.29, 0.717) is 24.3 Å². The highest BCUT2D eigenvalue weighted by Crippen LogP contribution is 2.61. The molecule has 0 radical (unpaired) electrons. The van der Waals surface area contributed by atoms with Crippen LogP contribution in [0.15, 0.2) is 30.3 Å². The maximum atomic E-state index is 15.0. The summed E-state index contributed by atoms with van der Waals surface area (Å²) < 4.78 is 33.8. The predicted octanol–water partition coefficient (Wildman–Crippen LogP) is -0.811. The van der Waals surface area contributed by atoms with E-state index in [9.17, 15) is 116 Å². The SMILES string of the molecule is O=C(O[C@@H]1COC(=O)c2cc(O)c(O)c(O)c2-c2c(cc(O)c(O)c2O)C(=O)O[C@H]1[C@@H]1OC(=O)c2cc(O)c(O)c(O)c2-c2c(O)c(O)c(O)c3c2C(=O)O[C@H]1[C@H]3[C@]1(O)OC[C@@H](O)[C@H](O)[C@@H]1O)c1cc(O)c(O)c(O)c1. The molecule has 5 aromatic carbocycles. The average Bonchev–Trinajstić information content (AvgIpc) is 3.39. The van der Waals surface area contributed by atoms with Crippen LogP contribution in [-0.2, 0) is 28.4 Å². The zero-order valence-electron chi connectivity index (χ0n) is 37.4. The maximum absolute atomic E-state index is 15.0. The molecule has 4 aliphatic heterocycles. The van der Waals surface area contributed by atoms with Gasteiger partial charge in [0.2, 0.25) is 28.8 Å². The molecule has 9 atom stereocenters. The van der Waals surface area contributed by atoms with Crippen molar-refractivity contribution in [3.05, 3.63) is 63.7 Å². The number of ether oxygens (including phenoxy) is 6. The molecule has 76 heavy (non-hydrogen) atoms. The van der Waals surface area contributed by atoms with Crippen LogP contribution in [0.2, 0.25) is 0 Å². The van der Waals surface area contributed by atoms with Gasteiger partial charge < -0.3 is 125 Å². The van der Waals surface area contributed by atoms with Crippen LogP contribution in [0.3, 0.4) is 0 Å². The van der Waals surface area contributed by atoms with E-state index in [1.807, 2.05) is 0 Å². The van der Waals surface area contributed by atoms with Crippen LogP contribution in [0.5, 0.6) is 86.2 Å². The van der Waals surface area contributed by atoms with Gasteiger partial charge in [0.05, 0.1) is 40.3 Å². The molecule has 0 unspecified atom stereocenters. The van der Waals surface area contributed by atoms with E-state index in [-0.39, 0.29) is 6.07 Å². The third-order valence-electron chi connectivity index (χ3n) is 13.0. The molecule has 2 bridgehead atoms. The number of hydrogen-bond donors (Lipinski definition) is 19. The number of cyclic esters (lactones) is 3. The third-order valence-corrected chi connectivity index (χ3v) is 13.0. The largest absolute Gasteiger partial charge is 0.504 e. The van der Waals surface area contributed by atoms with Crippen LogP contribution in [-0.4, -0.2) is 189 Å². The number of fused-ring (bicyclic) bond motifs is 7. The van der Waals surface area contributed by atoms with E-state index in [1.165, 1.54) is 0 Å². The molecule has 1 saturated heterocycles. The van der Waals surface area contributed by atoms with Crippen molar-refractivity contribution < 1.29 is 149 Å². The molecule has 4 heterocycles. The lowest BCUT2D eigenvalue weighted by molar-refractivity contribution is -0.341. The number of aliphatic hydroxyl groups is 4. The summed E-state index contributed by atoms with van der Waals surface area (Å²) in [6, 6.07) is 1.87. The molecule has 19 N–H and O–H groups in total. The van der Waals surface area contributed by atoms with Gasteiger partial charge in [0.15, 0.2) is 87.7 Å². The van der Waals surface area contributed by atoms with E-state index in [2.05, 4.69) is 0 Å². The lowest BCUT2D eigenvalue weighted by Gasteiger charge is -2.51. The van der Waals surface area contributed by atoms with Gasteiger partial charge in [-0.3, -0.25) is 0 Å². The van der Waals surface area contributed by atoms with Crippen molar-refractivity contribution >= 4 is 29.8 Å². The van der Waals surface area contributed by atoms with Crippen LogP contribution < -0.4 is 0 Å². The summed E-state index contributed by atoms with van der Waals surface area (Å²) in [5.74, 6) is -38.1. The Bertz CT molecular complexity index is 3380. The standard InChI is InChI=1S/C46H36O30/c47-12-1-8(2-13(48)26(12)53)41(65)73-18-7-71-42(66)9-3-14(49)27(54)31(58)19(9)20-10(4-15(50)28(55)32(20)59)43(67)74-37(18)39-38-25(46(70)40(64)30(57)17(52)6-72-46)24-23(45(69)75-38)22(34(61)36(63)35(24)62)21-11(44(68)76-39)5-16(51)29(56)33(21)60/h1-5,17-18,25,30,37-40,47-64,70H,6-7H2/t17-,18-,25+,30+,37-,38+,39+,40+,46+/m1/s1. The van der Waals surface area contributed by atoms with Gasteiger partial charge in [0, 0.05) is 27.8 Å². The van der Waals surface area contributed by atoms with Crippen molar-refractivity contribution in [2.24, 2.45) is 0 Å². The van der Waals surface area contributed by atoms with E-state index in [4.69, 9.17) is 28.4 Å². The highest BCUT2D eigenvalue weighted by Gasteiger charge is 2.64. The Balaban J connectivity index is 1.39. The number of aromatic hydroxyl groups is 15. The van der Waals surface area contributed by atoms with Crippen molar-refractivity contribution in [3.63, 3.8) is 0 Å². The smallest absolute Gasteiger partial charge is 0.339 e. The summed E-state index contributed by atoms with van der Waals surface area (Å²) in [7, 11) is 0. The summed E-state index contributed by atoms with van der Waals surface area (Å²) in [5, 5.41) is 209. The molecular formula is C46H36O30. The lowest BCUT2D eigenvalue weighted by Crippen LogP contribution is -2.68. The summed E-state index contributed by atoms with van der Waals surface area (Å²) in [5.41, 5.74) is -12.2. The lowest BCUT2D eigenvalue weighted by atomic mass is 9.71. The Hall–Kier alpha value is -9.75. The van der Waals surface area contributed by atoms with Gasteiger partial charge in [-0.2, -0.15) is 0 Å².